The Balaban J connectivity index is 3.66. The molecule has 0 saturated carbocycles. The van der Waals surface area contributed by atoms with E-state index in [-0.39, 0.29) is 0 Å². The maximum atomic E-state index is 8.07. The molecule has 0 radical (unpaired) electrons. The van der Waals surface area contributed by atoms with Crippen molar-refractivity contribution in [2.75, 3.05) is 0 Å². The van der Waals surface area contributed by atoms with Crippen LogP contribution in [0.25, 0.3) is 0 Å². The number of rotatable bonds is 1. The summed E-state index contributed by atoms with van der Waals surface area (Å²) in [4.78, 5) is 0. The molecule has 0 aromatic carbocycles. The summed E-state index contributed by atoms with van der Waals surface area (Å²) in [5, 5.41) is 8.07. The van der Waals surface area contributed by atoms with E-state index in [0.717, 1.165) is 0 Å². The van der Waals surface area contributed by atoms with Crippen LogP contribution in [-0.4, -0.2) is 0 Å². The van der Waals surface area contributed by atoms with Crippen molar-refractivity contribution in [2.45, 2.75) is 6.92 Å². The molecule has 7 heavy (non-hydrogen) atoms. The van der Waals surface area contributed by atoms with E-state index in [4.69, 9.17) is 5.26 Å². The summed E-state index contributed by atoms with van der Waals surface area (Å²) in [5.41, 5.74) is 0.502. The van der Waals surface area contributed by atoms with Crippen LogP contribution in [0.5, 0.6) is 0 Å². The molecule has 36 valence electrons. The van der Waals surface area contributed by atoms with Gasteiger partial charge in [0.15, 0.2) is 0 Å². The number of allylic oxidation sites excluding steroid dienone is 3. The molecule has 0 bridgehead atoms. The van der Waals surface area contributed by atoms with E-state index in [9.17, 15) is 0 Å². The van der Waals surface area contributed by atoms with E-state index >= 15 is 0 Å². The van der Waals surface area contributed by atoms with Gasteiger partial charge in [-0.3, -0.25) is 0 Å². The Labute approximate surface area is 43.6 Å². The fourth-order valence-corrected chi connectivity index (χ4v) is 0.238. The monoisotopic (exact) mass is 93.1 g/mol. The van der Waals surface area contributed by atoms with Crippen molar-refractivity contribution < 1.29 is 0 Å². The fraction of sp³-hybridized carbons (Fsp3) is 0.167. The normalized spacial score (nSPS) is 8.57. The topological polar surface area (TPSA) is 23.8 Å². The van der Waals surface area contributed by atoms with Crippen LogP contribution >= 0.6 is 0 Å². The van der Waals surface area contributed by atoms with Crippen molar-refractivity contribution in [3.05, 3.63) is 24.3 Å². The molecule has 0 rings (SSSR count). The summed E-state index contributed by atoms with van der Waals surface area (Å²) < 4.78 is 0. The van der Waals surface area contributed by atoms with E-state index < -0.39 is 0 Å². The van der Waals surface area contributed by atoms with Gasteiger partial charge in [0, 0.05) is 5.57 Å². The molecule has 0 saturated heterocycles. The lowest BCUT2D eigenvalue weighted by Gasteiger charge is -1.72. The minimum atomic E-state index is 0.502. The van der Waals surface area contributed by atoms with Gasteiger partial charge in [0.1, 0.15) is 0 Å². The number of hydrogen-bond donors (Lipinski definition) is 0. The first kappa shape index (κ1) is 5.97. The Bertz CT molecular complexity index is 126. The molecule has 0 amide bonds. The standard InChI is InChI=1S/C6H7N/c1-3-4-6(2)5-7/h3-4H,2H2,1H3/b4-3-. The highest BCUT2D eigenvalue weighted by molar-refractivity contribution is 5.28. The molecular weight excluding hydrogens is 86.1 g/mol. The van der Waals surface area contributed by atoms with Crippen LogP contribution in [0.1, 0.15) is 6.92 Å². The molecule has 0 spiro atoms. The minimum Gasteiger partial charge on any atom is -0.192 e. The third kappa shape index (κ3) is 2.78. The Morgan fingerprint density at radius 3 is 2.57 bits per heavy atom. The molecule has 0 unspecified atom stereocenters. The molecule has 0 aliphatic rings. The van der Waals surface area contributed by atoms with Gasteiger partial charge in [-0.05, 0) is 13.0 Å². The zero-order valence-electron chi connectivity index (χ0n) is 4.31. The Kier molecular flexibility index (Phi) is 2.70. The summed E-state index contributed by atoms with van der Waals surface area (Å²) in [6.07, 6.45) is 3.45. The lowest BCUT2D eigenvalue weighted by Crippen LogP contribution is -1.60. The van der Waals surface area contributed by atoms with E-state index in [1.165, 1.54) is 0 Å². The molecule has 0 fully saturated rings. The van der Waals surface area contributed by atoms with Crippen LogP contribution in [0.15, 0.2) is 24.3 Å². The second-order valence-corrected chi connectivity index (χ2v) is 1.14. The van der Waals surface area contributed by atoms with Crippen molar-refractivity contribution >= 4 is 0 Å². The van der Waals surface area contributed by atoms with Gasteiger partial charge in [-0.1, -0.05) is 12.7 Å². The first-order chi connectivity index (χ1) is 3.31. The van der Waals surface area contributed by atoms with Gasteiger partial charge in [0.2, 0.25) is 0 Å². The molecule has 1 nitrogen and oxygen atoms in total. The molecule has 0 aromatic rings. The quantitative estimate of drug-likeness (QED) is 0.357. The van der Waals surface area contributed by atoms with E-state index in [0.29, 0.717) is 5.57 Å². The molecule has 0 heterocycles. The van der Waals surface area contributed by atoms with Gasteiger partial charge >= 0.3 is 0 Å². The van der Waals surface area contributed by atoms with E-state index in [2.05, 4.69) is 6.58 Å². The van der Waals surface area contributed by atoms with Gasteiger partial charge in [0.25, 0.3) is 0 Å². The van der Waals surface area contributed by atoms with Crippen molar-refractivity contribution in [3.8, 4) is 6.07 Å². The third-order valence-corrected chi connectivity index (χ3v) is 0.511. The second-order valence-electron chi connectivity index (χ2n) is 1.14. The largest absolute Gasteiger partial charge is 0.192 e. The maximum Gasteiger partial charge on any atom is 0.0985 e. The fourth-order valence-electron chi connectivity index (χ4n) is 0.238. The van der Waals surface area contributed by atoms with Crippen LogP contribution in [0, 0.1) is 11.3 Å². The summed E-state index contributed by atoms with van der Waals surface area (Å²) >= 11 is 0. The zero-order valence-corrected chi connectivity index (χ0v) is 4.31. The van der Waals surface area contributed by atoms with Crippen LogP contribution in [-0.2, 0) is 0 Å². The van der Waals surface area contributed by atoms with E-state index in [1.807, 2.05) is 13.0 Å². The predicted molar refractivity (Wildman–Crippen MR) is 29.6 cm³/mol. The summed E-state index contributed by atoms with van der Waals surface area (Å²) in [6.45, 7) is 5.26. The highest BCUT2D eigenvalue weighted by Gasteiger charge is 1.73. The predicted octanol–water partition coefficient (Wildman–Crippen LogP) is 1.64. The van der Waals surface area contributed by atoms with Crippen molar-refractivity contribution in [2.24, 2.45) is 0 Å². The highest BCUT2D eigenvalue weighted by Crippen LogP contribution is 1.85. The van der Waals surface area contributed by atoms with Crippen molar-refractivity contribution in [1.82, 2.24) is 0 Å². The third-order valence-electron chi connectivity index (χ3n) is 0.511. The Morgan fingerprint density at radius 2 is 2.43 bits per heavy atom. The average molecular weight is 93.1 g/mol. The molecule has 1 heteroatoms. The Morgan fingerprint density at radius 1 is 1.86 bits per heavy atom. The first-order valence-corrected chi connectivity index (χ1v) is 2.03. The molecule has 0 aliphatic heterocycles. The molecular formula is C6H7N. The van der Waals surface area contributed by atoms with Gasteiger partial charge in [0.05, 0.1) is 6.07 Å². The van der Waals surface area contributed by atoms with Gasteiger partial charge in [-0.25, -0.2) is 0 Å². The lowest BCUT2D eigenvalue weighted by atomic mass is 10.3. The molecule has 0 aliphatic carbocycles. The second kappa shape index (κ2) is 3.17. The number of nitriles is 1. The van der Waals surface area contributed by atoms with Crippen LogP contribution in [0.3, 0.4) is 0 Å². The SMILES string of the molecule is C=C(C#N)/C=C\C. The molecule has 0 N–H and O–H groups in total. The zero-order chi connectivity index (χ0) is 5.70. The van der Waals surface area contributed by atoms with Crippen LogP contribution in [0.4, 0.5) is 0 Å². The van der Waals surface area contributed by atoms with Crippen LogP contribution < -0.4 is 0 Å². The molecule has 0 atom stereocenters. The van der Waals surface area contributed by atoms with Gasteiger partial charge in [-0.2, -0.15) is 5.26 Å². The first-order valence-electron chi connectivity index (χ1n) is 2.03. The highest BCUT2D eigenvalue weighted by atomic mass is 14.2. The lowest BCUT2D eigenvalue weighted by molar-refractivity contribution is 1.50. The summed E-state index contributed by atoms with van der Waals surface area (Å²) in [5.74, 6) is 0. The van der Waals surface area contributed by atoms with Crippen molar-refractivity contribution in [1.29, 1.82) is 5.26 Å². The maximum absolute atomic E-state index is 8.07. The van der Waals surface area contributed by atoms with Crippen LogP contribution in [0.2, 0.25) is 0 Å². The summed E-state index contributed by atoms with van der Waals surface area (Å²) in [7, 11) is 0. The van der Waals surface area contributed by atoms with E-state index in [1.54, 1.807) is 12.2 Å². The Hall–Kier alpha value is -1.03. The van der Waals surface area contributed by atoms with Gasteiger partial charge < -0.3 is 0 Å². The smallest absolute Gasteiger partial charge is 0.0985 e. The van der Waals surface area contributed by atoms with Gasteiger partial charge in [-0.15, -0.1) is 0 Å². The van der Waals surface area contributed by atoms with Crippen molar-refractivity contribution in [3.63, 3.8) is 0 Å². The minimum absolute atomic E-state index is 0.502. The average Bonchev–Trinajstić information content (AvgIpc) is 1.68. The number of nitrogens with zero attached hydrogens (tertiary/aromatic N) is 1. The molecule has 0 aromatic heterocycles. The summed E-state index contributed by atoms with van der Waals surface area (Å²) in [6, 6.07) is 1.88. The number of hydrogen-bond acceptors (Lipinski definition) is 1.